The molecule has 0 amide bonds. The summed E-state index contributed by atoms with van der Waals surface area (Å²) >= 11 is 11.6. The molecule has 1 aliphatic rings. The van der Waals surface area contributed by atoms with Gasteiger partial charge in [0, 0.05) is 17.5 Å². The predicted octanol–water partition coefficient (Wildman–Crippen LogP) is 4.26. The first-order chi connectivity index (χ1) is 9.00. The summed E-state index contributed by atoms with van der Waals surface area (Å²) in [6.45, 7) is 2.70. The fourth-order valence-corrected chi connectivity index (χ4v) is 2.73. The first kappa shape index (κ1) is 12.7. The summed E-state index contributed by atoms with van der Waals surface area (Å²) in [5.41, 5.74) is 1.54. The Hall–Kier alpha value is -1.32. The standard InChI is InChI=1S/C14H11Cl2FN2/c1-14(8-2-4-10(15)11(17)6-8)7-18-13-9(14)3-5-12(16)19-13/h2-6H,7H2,1H3,(H,18,19). The highest BCUT2D eigenvalue weighted by molar-refractivity contribution is 6.30. The van der Waals surface area contributed by atoms with Crippen LogP contribution in [0.15, 0.2) is 30.3 Å². The second kappa shape index (κ2) is 4.36. The molecule has 0 aliphatic carbocycles. The topological polar surface area (TPSA) is 24.9 Å². The zero-order valence-electron chi connectivity index (χ0n) is 10.2. The molecular weight excluding hydrogens is 286 g/mol. The lowest BCUT2D eigenvalue weighted by molar-refractivity contribution is 0.599. The van der Waals surface area contributed by atoms with Gasteiger partial charge in [-0.25, -0.2) is 9.37 Å². The van der Waals surface area contributed by atoms with E-state index in [1.807, 2.05) is 19.1 Å². The number of nitrogens with zero attached hydrogens (tertiary/aromatic N) is 1. The molecule has 1 aromatic carbocycles. The number of aromatic nitrogens is 1. The van der Waals surface area contributed by atoms with E-state index in [1.165, 1.54) is 6.07 Å². The first-order valence-electron chi connectivity index (χ1n) is 5.87. The van der Waals surface area contributed by atoms with Crippen LogP contribution in [-0.4, -0.2) is 11.5 Å². The molecule has 2 nitrogen and oxygen atoms in total. The van der Waals surface area contributed by atoms with Crippen molar-refractivity contribution in [2.45, 2.75) is 12.3 Å². The number of fused-ring (bicyclic) bond motifs is 1. The lowest BCUT2D eigenvalue weighted by Crippen LogP contribution is -2.25. The number of anilines is 1. The second-order valence-electron chi connectivity index (χ2n) is 4.84. The third-order valence-electron chi connectivity index (χ3n) is 3.62. The van der Waals surface area contributed by atoms with Gasteiger partial charge in [-0.2, -0.15) is 0 Å². The molecule has 0 saturated carbocycles. The van der Waals surface area contributed by atoms with Gasteiger partial charge < -0.3 is 5.32 Å². The average Bonchev–Trinajstić information content (AvgIpc) is 2.71. The summed E-state index contributed by atoms with van der Waals surface area (Å²) in [7, 11) is 0. The van der Waals surface area contributed by atoms with Gasteiger partial charge in [0.25, 0.3) is 0 Å². The summed E-state index contributed by atoms with van der Waals surface area (Å²) in [5, 5.41) is 3.79. The molecule has 0 bridgehead atoms. The molecule has 3 rings (SSSR count). The van der Waals surface area contributed by atoms with E-state index < -0.39 is 5.82 Å². The molecule has 2 aromatic rings. The van der Waals surface area contributed by atoms with Crippen molar-refractivity contribution in [3.8, 4) is 0 Å². The van der Waals surface area contributed by atoms with Crippen molar-refractivity contribution in [2.24, 2.45) is 0 Å². The number of halogens is 3. The number of benzene rings is 1. The third kappa shape index (κ3) is 1.97. The molecule has 0 saturated heterocycles. The van der Waals surface area contributed by atoms with Crippen molar-refractivity contribution < 1.29 is 4.39 Å². The minimum Gasteiger partial charge on any atom is -0.369 e. The Bertz CT molecular complexity index is 660. The molecule has 1 aliphatic heterocycles. The van der Waals surface area contributed by atoms with Crippen LogP contribution >= 0.6 is 23.2 Å². The molecule has 1 aromatic heterocycles. The highest BCUT2D eigenvalue weighted by Crippen LogP contribution is 2.41. The number of nitrogens with one attached hydrogen (secondary N) is 1. The van der Waals surface area contributed by atoms with Gasteiger partial charge in [-0.05, 0) is 30.7 Å². The molecule has 19 heavy (non-hydrogen) atoms. The van der Waals surface area contributed by atoms with E-state index >= 15 is 0 Å². The van der Waals surface area contributed by atoms with Crippen molar-refractivity contribution in [1.82, 2.24) is 4.98 Å². The number of rotatable bonds is 1. The Kier molecular flexibility index (Phi) is 2.91. The van der Waals surface area contributed by atoms with Crippen LogP contribution in [-0.2, 0) is 5.41 Å². The van der Waals surface area contributed by atoms with Crippen LogP contribution in [0.3, 0.4) is 0 Å². The van der Waals surface area contributed by atoms with Gasteiger partial charge >= 0.3 is 0 Å². The summed E-state index contributed by atoms with van der Waals surface area (Å²) in [4.78, 5) is 4.25. The van der Waals surface area contributed by atoms with E-state index in [-0.39, 0.29) is 10.4 Å². The Balaban J connectivity index is 2.13. The molecule has 0 spiro atoms. The highest BCUT2D eigenvalue weighted by atomic mass is 35.5. The fourth-order valence-electron chi connectivity index (χ4n) is 2.47. The first-order valence-corrected chi connectivity index (χ1v) is 6.63. The Morgan fingerprint density at radius 3 is 2.79 bits per heavy atom. The Labute approximate surface area is 120 Å². The zero-order chi connectivity index (χ0) is 13.6. The van der Waals surface area contributed by atoms with Crippen LogP contribution in [0, 0.1) is 5.82 Å². The van der Waals surface area contributed by atoms with Crippen LogP contribution in [0.2, 0.25) is 10.2 Å². The fraction of sp³-hybridized carbons (Fsp3) is 0.214. The quantitative estimate of drug-likeness (QED) is 0.796. The molecule has 0 fully saturated rings. The molecule has 1 unspecified atom stereocenters. The number of pyridine rings is 1. The van der Waals surface area contributed by atoms with Crippen LogP contribution in [0.1, 0.15) is 18.1 Å². The lowest BCUT2D eigenvalue weighted by atomic mass is 9.78. The molecule has 98 valence electrons. The van der Waals surface area contributed by atoms with Crippen molar-refractivity contribution in [3.05, 3.63) is 57.5 Å². The van der Waals surface area contributed by atoms with Crippen LogP contribution in [0.4, 0.5) is 10.2 Å². The van der Waals surface area contributed by atoms with Crippen molar-refractivity contribution in [2.75, 3.05) is 11.9 Å². The van der Waals surface area contributed by atoms with Crippen molar-refractivity contribution in [3.63, 3.8) is 0 Å². The predicted molar refractivity (Wildman–Crippen MR) is 75.6 cm³/mol. The van der Waals surface area contributed by atoms with E-state index in [1.54, 1.807) is 12.1 Å². The zero-order valence-corrected chi connectivity index (χ0v) is 11.7. The molecule has 1 N–H and O–H groups in total. The van der Waals surface area contributed by atoms with E-state index in [9.17, 15) is 4.39 Å². The van der Waals surface area contributed by atoms with Crippen molar-refractivity contribution in [1.29, 1.82) is 0 Å². The second-order valence-corrected chi connectivity index (χ2v) is 5.64. The van der Waals surface area contributed by atoms with E-state index in [2.05, 4.69) is 10.3 Å². The molecule has 5 heteroatoms. The van der Waals surface area contributed by atoms with Gasteiger partial charge in [0.15, 0.2) is 0 Å². The summed E-state index contributed by atoms with van der Waals surface area (Å²) in [6, 6.07) is 8.58. The summed E-state index contributed by atoms with van der Waals surface area (Å²) < 4.78 is 13.7. The van der Waals surface area contributed by atoms with E-state index in [0.717, 1.165) is 16.9 Å². The van der Waals surface area contributed by atoms with Crippen LogP contribution in [0.25, 0.3) is 0 Å². The van der Waals surface area contributed by atoms with Gasteiger partial charge in [-0.3, -0.25) is 0 Å². The third-order valence-corrected chi connectivity index (χ3v) is 4.14. The van der Waals surface area contributed by atoms with Crippen LogP contribution in [0.5, 0.6) is 0 Å². The molecule has 1 atom stereocenters. The van der Waals surface area contributed by atoms with Crippen molar-refractivity contribution >= 4 is 29.0 Å². The molecular formula is C14H11Cl2FN2. The summed E-state index contributed by atoms with van der Waals surface area (Å²) in [6.07, 6.45) is 0. The maximum atomic E-state index is 13.7. The molecule has 0 radical (unpaired) electrons. The average molecular weight is 297 g/mol. The SMILES string of the molecule is CC1(c2ccc(Cl)c(F)c2)CNc2nc(Cl)ccc21. The normalized spacial score (nSPS) is 21.1. The van der Waals surface area contributed by atoms with Gasteiger partial charge in [-0.15, -0.1) is 0 Å². The minimum atomic E-state index is -0.407. The largest absolute Gasteiger partial charge is 0.369 e. The lowest BCUT2D eigenvalue weighted by Gasteiger charge is -2.24. The number of hydrogen-bond donors (Lipinski definition) is 1. The smallest absolute Gasteiger partial charge is 0.142 e. The van der Waals surface area contributed by atoms with Crippen LogP contribution < -0.4 is 5.32 Å². The maximum absolute atomic E-state index is 13.7. The van der Waals surface area contributed by atoms with Gasteiger partial charge in [-0.1, -0.05) is 35.3 Å². The number of hydrogen-bond acceptors (Lipinski definition) is 2. The minimum absolute atomic E-state index is 0.132. The highest BCUT2D eigenvalue weighted by Gasteiger charge is 2.37. The molecule has 2 heterocycles. The monoisotopic (exact) mass is 296 g/mol. The van der Waals surface area contributed by atoms with E-state index in [0.29, 0.717) is 11.7 Å². The van der Waals surface area contributed by atoms with Gasteiger partial charge in [0.2, 0.25) is 0 Å². The Morgan fingerprint density at radius 1 is 1.26 bits per heavy atom. The van der Waals surface area contributed by atoms with Gasteiger partial charge in [0.1, 0.15) is 16.8 Å². The van der Waals surface area contributed by atoms with E-state index in [4.69, 9.17) is 23.2 Å². The summed E-state index contributed by atoms with van der Waals surface area (Å²) in [5.74, 6) is 0.348. The Morgan fingerprint density at radius 2 is 2.05 bits per heavy atom. The van der Waals surface area contributed by atoms with Gasteiger partial charge in [0.05, 0.1) is 5.02 Å². The maximum Gasteiger partial charge on any atom is 0.142 e.